The molecule has 0 saturated heterocycles. The molecular formula is C12H11NO4. The Morgan fingerprint density at radius 3 is 3.00 bits per heavy atom. The number of nitrogens with zero attached hydrogens (tertiary/aromatic N) is 1. The summed E-state index contributed by atoms with van der Waals surface area (Å²) in [7, 11) is 0. The van der Waals surface area contributed by atoms with E-state index in [0.717, 1.165) is 5.56 Å². The number of hydrogen-bond donors (Lipinski definition) is 1. The van der Waals surface area contributed by atoms with E-state index in [0.29, 0.717) is 12.2 Å². The van der Waals surface area contributed by atoms with E-state index in [1.807, 2.05) is 12.1 Å². The minimum absolute atomic E-state index is 0.0730. The molecule has 2 aromatic heterocycles. The Labute approximate surface area is 97.7 Å². The summed E-state index contributed by atoms with van der Waals surface area (Å²) in [5.74, 6) is -1.16. The van der Waals surface area contributed by atoms with Gasteiger partial charge in [0.1, 0.15) is 0 Å². The van der Waals surface area contributed by atoms with Gasteiger partial charge in [-0.25, -0.2) is 4.79 Å². The maximum atomic E-state index is 10.8. The van der Waals surface area contributed by atoms with Gasteiger partial charge in [-0.2, -0.15) is 0 Å². The molecule has 0 saturated carbocycles. The van der Waals surface area contributed by atoms with Gasteiger partial charge >= 0.3 is 5.97 Å². The number of pyridine rings is 1. The molecular weight excluding hydrogens is 222 g/mol. The standard InChI is InChI=1S/C12H11NO4/c14-12(15)11-10(3-5-17-11)8-16-7-9-2-1-4-13-6-9/h1-6H,7-8H2,(H,14,15). The summed E-state index contributed by atoms with van der Waals surface area (Å²) in [5, 5.41) is 8.81. The lowest BCUT2D eigenvalue weighted by molar-refractivity contribution is 0.0646. The Bertz CT molecular complexity index is 492. The van der Waals surface area contributed by atoms with E-state index >= 15 is 0 Å². The lowest BCUT2D eigenvalue weighted by Crippen LogP contribution is -2.01. The number of rotatable bonds is 5. The van der Waals surface area contributed by atoms with Crippen LogP contribution in [0.1, 0.15) is 21.7 Å². The van der Waals surface area contributed by atoms with E-state index in [2.05, 4.69) is 4.98 Å². The van der Waals surface area contributed by atoms with Crippen LogP contribution < -0.4 is 0 Å². The van der Waals surface area contributed by atoms with Crippen LogP contribution in [0.15, 0.2) is 41.3 Å². The average molecular weight is 233 g/mol. The zero-order chi connectivity index (χ0) is 12.1. The second-order valence-corrected chi connectivity index (χ2v) is 3.43. The minimum Gasteiger partial charge on any atom is -0.475 e. The van der Waals surface area contributed by atoms with E-state index in [1.165, 1.54) is 6.26 Å². The predicted molar refractivity (Wildman–Crippen MR) is 58.4 cm³/mol. The van der Waals surface area contributed by atoms with Gasteiger partial charge in [0.25, 0.3) is 0 Å². The van der Waals surface area contributed by atoms with Crippen LogP contribution in [0.25, 0.3) is 0 Å². The maximum Gasteiger partial charge on any atom is 0.372 e. The molecule has 0 aromatic carbocycles. The molecule has 0 unspecified atom stereocenters. The summed E-state index contributed by atoms with van der Waals surface area (Å²) in [6, 6.07) is 5.30. The first kappa shape index (κ1) is 11.3. The first-order chi connectivity index (χ1) is 8.27. The molecule has 88 valence electrons. The molecule has 0 atom stereocenters. The summed E-state index contributed by atoms with van der Waals surface area (Å²) in [5.41, 5.74) is 1.47. The molecule has 2 rings (SSSR count). The van der Waals surface area contributed by atoms with Crippen LogP contribution in [-0.4, -0.2) is 16.1 Å². The molecule has 0 fully saturated rings. The average Bonchev–Trinajstić information content (AvgIpc) is 2.79. The third kappa shape index (κ3) is 2.92. The Kier molecular flexibility index (Phi) is 3.52. The van der Waals surface area contributed by atoms with E-state index in [1.54, 1.807) is 18.5 Å². The second kappa shape index (κ2) is 5.27. The van der Waals surface area contributed by atoms with Gasteiger partial charge in [-0.1, -0.05) is 6.07 Å². The predicted octanol–water partition coefficient (Wildman–Crippen LogP) is 2.09. The summed E-state index contributed by atoms with van der Waals surface area (Å²) in [6.45, 7) is 0.588. The molecule has 5 heteroatoms. The van der Waals surface area contributed by atoms with Gasteiger partial charge < -0.3 is 14.3 Å². The Morgan fingerprint density at radius 1 is 1.41 bits per heavy atom. The molecule has 0 spiro atoms. The zero-order valence-electron chi connectivity index (χ0n) is 9.00. The van der Waals surface area contributed by atoms with Crippen LogP contribution in [-0.2, 0) is 18.0 Å². The van der Waals surface area contributed by atoms with Crippen LogP contribution in [0.2, 0.25) is 0 Å². The largest absolute Gasteiger partial charge is 0.475 e. The van der Waals surface area contributed by atoms with Crippen LogP contribution in [0.4, 0.5) is 0 Å². The zero-order valence-corrected chi connectivity index (χ0v) is 9.00. The highest BCUT2D eigenvalue weighted by Gasteiger charge is 2.13. The molecule has 0 aliphatic carbocycles. The van der Waals surface area contributed by atoms with E-state index in [9.17, 15) is 4.79 Å². The summed E-state index contributed by atoms with van der Waals surface area (Å²) in [6.07, 6.45) is 4.72. The van der Waals surface area contributed by atoms with Gasteiger partial charge in [-0.05, 0) is 17.7 Å². The lowest BCUT2D eigenvalue weighted by atomic mass is 10.2. The molecule has 2 aromatic rings. The smallest absolute Gasteiger partial charge is 0.372 e. The summed E-state index contributed by atoms with van der Waals surface area (Å²) >= 11 is 0. The fraction of sp³-hybridized carbons (Fsp3) is 0.167. The number of carboxylic acid groups (broad SMARTS) is 1. The van der Waals surface area contributed by atoms with Crippen molar-refractivity contribution in [2.75, 3.05) is 0 Å². The fourth-order valence-corrected chi connectivity index (χ4v) is 1.40. The molecule has 0 aliphatic rings. The second-order valence-electron chi connectivity index (χ2n) is 3.43. The van der Waals surface area contributed by atoms with E-state index < -0.39 is 5.97 Å². The Balaban J connectivity index is 1.90. The van der Waals surface area contributed by atoms with Crippen LogP contribution in [0.5, 0.6) is 0 Å². The molecule has 1 N–H and O–H groups in total. The van der Waals surface area contributed by atoms with Crippen molar-refractivity contribution in [2.24, 2.45) is 0 Å². The Morgan fingerprint density at radius 2 is 2.29 bits per heavy atom. The van der Waals surface area contributed by atoms with Crippen molar-refractivity contribution in [3.8, 4) is 0 Å². The first-order valence-corrected chi connectivity index (χ1v) is 5.03. The first-order valence-electron chi connectivity index (χ1n) is 5.03. The van der Waals surface area contributed by atoms with Gasteiger partial charge in [0.15, 0.2) is 0 Å². The monoisotopic (exact) mass is 233 g/mol. The quantitative estimate of drug-likeness (QED) is 0.856. The van der Waals surface area contributed by atoms with Gasteiger partial charge in [0.2, 0.25) is 5.76 Å². The number of carboxylic acids is 1. The molecule has 5 nitrogen and oxygen atoms in total. The SMILES string of the molecule is O=C(O)c1occc1COCc1cccnc1. The summed E-state index contributed by atoms with van der Waals surface area (Å²) < 4.78 is 10.2. The molecule has 0 amide bonds. The number of aromatic nitrogens is 1. The number of hydrogen-bond acceptors (Lipinski definition) is 4. The summed E-state index contributed by atoms with van der Waals surface area (Å²) in [4.78, 5) is 14.7. The topological polar surface area (TPSA) is 72.6 Å². The van der Waals surface area contributed by atoms with Crippen molar-refractivity contribution in [3.63, 3.8) is 0 Å². The fourth-order valence-electron chi connectivity index (χ4n) is 1.40. The van der Waals surface area contributed by atoms with Crippen molar-refractivity contribution in [1.82, 2.24) is 4.98 Å². The van der Waals surface area contributed by atoms with Crippen molar-refractivity contribution in [2.45, 2.75) is 13.2 Å². The highest BCUT2D eigenvalue weighted by Crippen LogP contribution is 2.12. The van der Waals surface area contributed by atoms with Crippen LogP contribution in [0.3, 0.4) is 0 Å². The normalized spacial score (nSPS) is 10.4. The van der Waals surface area contributed by atoms with Gasteiger partial charge in [-0.3, -0.25) is 4.98 Å². The van der Waals surface area contributed by atoms with Gasteiger partial charge in [-0.15, -0.1) is 0 Å². The maximum absolute atomic E-state index is 10.8. The number of aromatic carboxylic acids is 1. The van der Waals surface area contributed by atoms with E-state index in [4.69, 9.17) is 14.3 Å². The highest BCUT2D eigenvalue weighted by molar-refractivity contribution is 5.85. The third-order valence-electron chi connectivity index (χ3n) is 2.19. The van der Waals surface area contributed by atoms with Gasteiger partial charge in [0.05, 0.1) is 19.5 Å². The minimum atomic E-state index is -1.09. The Hall–Kier alpha value is -2.14. The lowest BCUT2D eigenvalue weighted by Gasteiger charge is -2.02. The number of ether oxygens (including phenoxy) is 1. The number of carbonyl (C=O) groups is 1. The molecule has 17 heavy (non-hydrogen) atoms. The highest BCUT2D eigenvalue weighted by atomic mass is 16.5. The van der Waals surface area contributed by atoms with Crippen molar-refractivity contribution >= 4 is 5.97 Å². The third-order valence-corrected chi connectivity index (χ3v) is 2.19. The van der Waals surface area contributed by atoms with Crippen molar-refractivity contribution < 1.29 is 19.1 Å². The van der Waals surface area contributed by atoms with Gasteiger partial charge in [0, 0.05) is 18.0 Å². The van der Waals surface area contributed by atoms with Crippen molar-refractivity contribution in [1.29, 1.82) is 0 Å². The molecule has 0 aliphatic heterocycles. The molecule has 2 heterocycles. The van der Waals surface area contributed by atoms with Crippen molar-refractivity contribution in [3.05, 3.63) is 53.7 Å². The molecule has 0 radical (unpaired) electrons. The van der Waals surface area contributed by atoms with Crippen LogP contribution >= 0.6 is 0 Å². The van der Waals surface area contributed by atoms with E-state index in [-0.39, 0.29) is 12.4 Å². The number of furan rings is 1. The molecule has 0 bridgehead atoms. The van der Waals surface area contributed by atoms with Crippen LogP contribution in [0, 0.1) is 0 Å².